The summed E-state index contributed by atoms with van der Waals surface area (Å²) in [5.41, 5.74) is 0. The van der Waals surface area contributed by atoms with Crippen LogP contribution in [0.1, 0.15) is 12.8 Å². The quantitative estimate of drug-likeness (QED) is 0.895. The second-order valence-electron chi connectivity index (χ2n) is 4.09. The van der Waals surface area contributed by atoms with Gasteiger partial charge in [-0.2, -0.15) is 0 Å². The molecule has 2 rings (SSSR count). The van der Waals surface area contributed by atoms with E-state index < -0.39 is 10.0 Å². The van der Waals surface area contributed by atoms with Crippen LogP contribution in [-0.4, -0.2) is 22.1 Å². The SMILES string of the molecule is COc1ccc(Cl)cc1S(=O)(=O)NCC1CC1. The van der Waals surface area contributed by atoms with Crippen molar-refractivity contribution >= 4 is 21.6 Å². The third-order valence-corrected chi connectivity index (χ3v) is 4.35. The lowest BCUT2D eigenvalue weighted by Gasteiger charge is -2.10. The van der Waals surface area contributed by atoms with Crippen LogP contribution in [0.15, 0.2) is 23.1 Å². The van der Waals surface area contributed by atoms with Crippen molar-refractivity contribution in [3.8, 4) is 5.75 Å². The van der Waals surface area contributed by atoms with Crippen LogP contribution >= 0.6 is 11.6 Å². The van der Waals surface area contributed by atoms with E-state index in [9.17, 15) is 8.42 Å². The first-order valence-corrected chi connectivity index (χ1v) is 7.22. The minimum atomic E-state index is -3.54. The van der Waals surface area contributed by atoms with Crippen LogP contribution in [0.3, 0.4) is 0 Å². The minimum Gasteiger partial charge on any atom is -0.495 e. The summed E-state index contributed by atoms with van der Waals surface area (Å²) in [4.78, 5) is 0.0909. The Bertz CT molecular complexity index is 511. The zero-order valence-corrected chi connectivity index (χ0v) is 11.0. The highest BCUT2D eigenvalue weighted by molar-refractivity contribution is 7.89. The molecule has 1 aliphatic rings. The molecular formula is C11H14ClNO3S. The maximum absolute atomic E-state index is 12.0. The van der Waals surface area contributed by atoms with Crippen LogP contribution in [-0.2, 0) is 10.0 Å². The summed E-state index contributed by atoms with van der Waals surface area (Å²) < 4.78 is 31.7. The lowest BCUT2D eigenvalue weighted by molar-refractivity contribution is 0.402. The summed E-state index contributed by atoms with van der Waals surface area (Å²) >= 11 is 5.81. The summed E-state index contributed by atoms with van der Waals surface area (Å²) in [6.07, 6.45) is 2.18. The molecule has 1 fully saturated rings. The van der Waals surface area contributed by atoms with E-state index in [-0.39, 0.29) is 4.90 Å². The molecule has 0 aliphatic heterocycles. The zero-order valence-electron chi connectivity index (χ0n) is 9.44. The first kappa shape index (κ1) is 12.7. The van der Waals surface area contributed by atoms with Gasteiger partial charge in [0.1, 0.15) is 10.6 Å². The molecule has 0 heterocycles. The van der Waals surface area contributed by atoms with Gasteiger partial charge < -0.3 is 4.74 Å². The van der Waals surface area contributed by atoms with Crippen molar-refractivity contribution in [3.63, 3.8) is 0 Å². The maximum atomic E-state index is 12.0. The van der Waals surface area contributed by atoms with E-state index in [2.05, 4.69) is 4.72 Å². The van der Waals surface area contributed by atoms with Gasteiger partial charge in [-0.15, -0.1) is 0 Å². The molecule has 1 aliphatic carbocycles. The molecule has 0 bridgehead atoms. The Hall–Kier alpha value is -0.780. The van der Waals surface area contributed by atoms with Gasteiger partial charge in [0.25, 0.3) is 0 Å². The van der Waals surface area contributed by atoms with Crippen molar-refractivity contribution in [1.82, 2.24) is 4.72 Å². The number of sulfonamides is 1. The normalized spacial score (nSPS) is 15.9. The molecular weight excluding hydrogens is 262 g/mol. The molecule has 17 heavy (non-hydrogen) atoms. The Morgan fingerprint density at radius 1 is 1.47 bits per heavy atom. The van der Waals surface area contributed by atoms with E-state index in [1.54, 1.807) is 12.1 Å². The van der Waals surface area contributed by atoms with Crippen LogP contribution in [0, 0.1) is 5.92 Å². The number of hydrogen-bond acceptors (Lipinski definition) is 3. The molecule has 1 saturated carbocycles. The number of ether oxygens (including phenoxy) is 1. The first-order chi connectivity index (χ1) is 8.03. The van der Waals surface area contributed by atoms with E-state index in [0.717, 1.165) is 12.8 Å². The fraction of sp³-hybridized carbons (Fsp3) is 0.455. The standard InChI is InChI=1S/C11H14ClNO3S/c1-16-10-5-4-9(12)6-11(10)17(14,15)13-7-8-2-3-8/h4-6,8,13H,2-3,7H2,1H3. The predicted octanol–water partition coefficient (Wildman–Crippen LogP) is 2.04. The van der Waals surface area contributed by atoms with Gasteiger partial charge in [-0.25, -0.2) is 13.1 Å². The largest absolute Gasteiger partial charge is 0.495 e. The third-order valence-electron chi connectivity index (χ3n) is 2.67. The number of hydrogen-bond donors (Lipinski definition) is 1. The van der Waals surface area contributed by atoms with Crippen molar-refractivity contribution in [2.24, 2.45) is 5.92 Å². The summed E-state index contributed by atoms with van der Waals surface area (Å²) in [7, 11) is -2.11. The number of rotatable bonds is 5. The molecule has 0 unspecified atom stereocenters. The second kappa shape index (κ2) is 4.84. The van der Waals surface area contributed by atoms with Gasteiger partial charge >= 0.3 is 0 Å². The Kier molecular flexibility index (Phi) is 3.61. The predicted molar refractivity (Wildman–Crippen MR) is 65.9 cm³/mol. The monoisotopic (exact) mass is 275 g/mol. The van der Waals surface area contributed by atoms with Gasteiger partial charge in [-0.05, 0) is 37.0 Å². The van der Waals surface area contributed by atoms with Gasteiger partial charge in [-0.1, -0.05) is 11.6 Å². The molecule has 0 saturated heterocycles. The molecule has 94 valence electrons. The summed E-state index contributed by atoms with van der Waals surface area (Å²) in [5, 5.41) is 0.373. The highest BCUT2D eigenvalue weighted by Gasteiger charge is 2.26. The molecule has 1 N–H and O–H groups in total. The zero-order chi connectivity index (χ0) is 12.5. The van der Waals surface area contributed by atoms with Gasteiger partial charge in [0.15, 0.2) is 0 Å². The van der Waals surface area contributed by atoms with E-state index in [0.29, 0.717) is 23.2 Å². The molecule has 1 aromatic rings. The average molecular weight is 276 g/mol. The van der Waals surface area contributed by atoms with Gasteiger partial charge in [-0.3, -0.25) is 0 Å². The number of benzene rings is 1. The first-order valence-electron chi connectivity index (χ1n) is 5.36. The van der Waals surface area contributed by atoms with Crippen LogP contribution in [0.4, 0.5) is 0 Å². The van der Waals surface area contributed by atoms with E-state index in [1.807, 2.05) is 0 Å². The van der Waals surface area contributed by atoms with Gasteiger partial charge in [0.2, 0.25) is 10.0 Å². The fourth-order valence-electron chi connectivity index (χ4n) is 1.49. The molecule has 0 spiro atoms. The van der Waals surface area contributed by atoms with Crippen molar-refractivity contribution in [2.45, 2.75) is 17.7 Å². The van der Waals surface area contributed by atoms with Crippen LogP contribution in [0.2, 0.25) is 5.02 Å². The summed E-state index contributed by atoms with van der Waals surface area (Å²) in [5.74, 6) is 0.785. The van der Waals surface area contributed by atoms with Crippen LogP contribution < -0.4 is 9.46 Å². The third kappa shape index (κ3) is 3.12. The van der Waals surface area contributed by atoms with E-state index in [4.69, 9.17) is 16.3 Å². The highest BCUT2D eigenvalue weighted by Crippen LogP contribution is 2.30. The summed E-state index contributed by atoms with van der Waals surface area (Å²) in [6.45, 7) is 0.484. The molecule has 4 nitrogen and oxygen atoms in total. The molecule has 0 atom stereocenters. The smallest absolute Gasteiger partial charge is 0.244 e. The molecule has 0 radical (unpaired) electrons. The van der Waals surface area contributed by atoms with Gasteiger partial charge in [0, 0.05) is 11.6 Å². The van der Waals surface area contributed by atoms with E-state index >= 15 is 0 Å². The maximum Gasteiger partial charge on any atom is 0.244 e. The van der Waals surface area contributed by atoms with Crippen molar-refractivity contribution in [2.75, 3.05) is 13.7 Å². The number of halogens is 1. The Morgan fingerprint density at radius 3 is 2.76 bits per heavy atom. The lowest BCUT2D eigenvalue weighted by atomic mass is 10.3. The van der Waals surface area contributed by atoms with Crippen LogP contribution in [0.25, 0.3) is 0 Å². The van der Waals surface area contributed by atoms with Crippen molar-refractivity contribution in [1.29, 1.82) is 0 Å². The number of methoxy groups -OCH3 is 1. The van der Waals surface area contributed by atoms with Gasteiger partial charge in [0.05, 0.1) is 7.11 Å². The second-order valence-corrected chi connectivity index (χ2v) is 6.26. The average Bonchev–Trinajstić information content (AvgIpc) is 3.10. The highest BCUT2D eigenvalue weighted by atomic mass is 35.5. The van der Waals surface area contributed by atoms with Crippen molar-refractivity contribution in [3.05, 3.63) is 23.2 Å². The molecule has 0 amide bonds. The Morgan fingerprint density at radius 2 is 2.18 bits per heavy atom. The van der Waals surface area contributed by atoms with Crippen LogP contribution in [0.5, 0.6) is 5.75 Å². The Labute approximate surface area is 106 Å². The molecule has 0 aromatic heterocycles. The minimum absolute atomic E-state index is 0.0909. The molecule has 1 aromatic carbocycles. The van der Waals surface area contributed by atoms with E-state index in [1.165, 1.54) is 13.2 Å². The number of nitrogens with one attached hydrogen (secondary N) is 1. The fourth-order valence-corrected chi connectivity index (χ4v) is 3.03. The van der Waals surface area contributed by atoms with Crippen molar-refractivity contribution < 1.29 is 13.2 Å². The molecule has 6 heteroatoms. The topological polar surface area (TPSA) is 55.4 Å². The lowest BCUT2D eigenvalue weighted by Crippen LogP contribution is -2.26. The summed E-state index contributed by atoms with van der Waals surface area (Å²) in [6, 6.07) is 4.55. The Balaban J connectivity index is 2.26.